The van der Waals surface area contributed by atoms with E-state index in [1.807, 2.05) is 0 Å². The summed E-state index contributed by atoms with van der Waals surface area (Å²) < 4.78 is 9.30. The summed E-state index contributed by atoms with van der Waals surface area (Å²) in [6, 6.07) is 0. The quantitative estimate of drug-likeness (QED) is 0.368. The minimum Gasteiger partial charge on any atom is 0 e. The molecule has 0 amide bonds. The first-order chi connectivity index (χ1) is 6.69. The van der Waals surface area contributed by atoms with Gasteiger partial charge in [0.15, 0.2) is 0 Å². The fourth-order valence-corrected chi connectivity index (χ4v) is 10.1. The zero-order chi connectivity index (χ0) is 11.4. The third-order valence-electron chi connectivity index (χ3n) is 3.00. The van der Waals surface area contributed by atoms with Gasteiger partial charge in [0, 0.05) is 27.7 Å². The summed E-state index contributed by atoms with van der Waals surface area (Å²) >= 11 is -1.31. The van der Waals surface area contributed by atoms with Crippen LogP contribution in [-0.2, 0) is 27.7 Å². The van der Waals surface area contributed by atoms with E-state index in [0.717, 1.165) is 0 Å². The van der Waals surface area contributed by atoms with Crippen molar-refractivity contribution in [3.8, 4) is 0 Å². The molecule has 0 spiro atoms. The van der Waals surface area contributed by atoms with Crippen LogP contribution < -0.4 is 0 Å². The van der Waals surface area contributed by atoms with Gasteiger partial charge in [-0.25, -0.2) is 0 Å². The van der Waals surface area contributed by atoms with E-state index < -0.39 is 39.5 Å². The van der Waals surface area contributed by atoms with Gasteiger partial charge in [0.25, 0.3) is 0 Å². The molecule has 0 saturated carbocycles. The molecule has 0 aliphatic rings. The molecule has 0 atom stereocenters. The molecule has 0 N–H and O–H groups in total. The van der Waals surface area contributed by atoms with Gasteiger partial charge in [-0.3, -0.25) is 0 Å². The van der Waals surface area contributed by atoms with Crippen LogP contribution in [0.25, 0.3) is 0 Å². The van der Waals surface area contributed by atoms with Crippen molar-refractivity contribution in [2.24, 2.45) is 0 Å². The fourth-order valence-electron chi connectivity index (χ4n) is 1.50. The second-order valence-electron chi connectivity index (χ2n) is 3.62. The normalized spacial score (nSPS) is 9.60. The summed E-state index contributed by atoms with van der Waals surface area (Å²) in [5.41, 5.74) is 0. The Labute approximate surface area is 133 Å². The van der Waals surface area contributed by atoms with E-state index in [9.17, 15) is 0 Å². The molecule has 88 valence electrons. The predicted molar refractivity (Wildman–Crippen MR) is 74.4 cm³/mol. The van der Waals surface area contributed by atoms with Gasteiger partial charge in [-0.1, -0.05) is 0 Å². The van der Waals surface area contributed by atoms with Crippen LogP contribution in [0.1, 0.15) is 41.5 Å². The molecular weight excluding hydrogens is 582 g/mol. The van der Waals surface area contributed by atoms with Crippen molar-refractivity contribution in [1.82, 2.24) is 0 Å². The van der Waals surface area contributed by atoms with Crippen LogP contribution in [0.3, 0.4) is 0 Å². The van der Waals surface area contributed by atoms with Gasteiger partial charge in [0.1, 0.15) is 0 Å². The average Bonchev–Trinajstić information content (AvgIpc) is 2.24. The molecule has 0 saturated heterocycles. The molecule has 15 heavy (non-hydrogen) atoms. The third kappa shape index (κ3) is 16.5. The van der Waals surface area contributed by atoms with E-state index in [0.29, 0.717) is 0 Å². The fraction of sp³-hybridized carbons (Fsp3) is 1.00. The zero-order valence-electron chi connectivity index (χ0n) is 11.9. The Morgan fingerprint density at radius 2 is 0.600 bits per heavy atom. The molecule has 0 bridgehead atoms. The molecule has 0 aliphatic heterocycles. The van der Waals surface area contributed by atoms with Crippen LogP contribution in [-0.4, -0.2) is 39.5 Å². The van der Waals surface area contributed by atoms with Crippen molar-refractivity contribution in [1.29, 1.82) is 0 Å². The van der Waals surface area contributed by atoms with Crippen molar-refractivity contribution in [3.63, 3.8) is 0 Å². The molecule has 0 fully saturated rings. The van der Waals surface area contributed by atoms with Crippen LogP contribution >= 0.6 is 0 Å². The van der Waals surface area contributed by atoms with Crippen LogP contribution in [0.15, 0.2) is 0 Å². The van der Waals surface area contributed by atoms with E-state index in [4.69, 9.17) is 0 Å². The van der Waals surface area contributed by atoms with Crippen LogP contribution in [0.4, 0.5) is 0 Å². The SMILES string of the molecule is C[CH2][Sn]([CH2]C)[CH2]C.C[CH2][Sn]([CH2]C)[CH2]C.[Hg]. The minimum absolute atomic E-state index is 0. The van der Waals surface area contributed by atoms with Crippen molar-refractivity contribution >= 4 is 39.5 Å². The van der Waals surface area contributed by atoms with Gasteiger partial charge in [0.2, 0.25) is 0 Å². The maximum atomic E-state index is 2.35. The molecule has 0 unspecified atom stereocenters. The Morgan fingerprint density at radius 1 is 0.467 bits per heavy atom. The molecule has 0 aromatic carbocycles. The Kier molecular flexibility index (Phi) is 28.6. The van der Waals surface area contributed by atoms with Gasteiger partial charge in [-0.05, 0) is 0 Å². The summed E-state index contributed by atoms with van der Waals surface area (Å²) in [6.07, 6.45) is 0. The summed E-state index contributed by atoms with van der Waals surface area (Å²) in [6.45, 7) is 14.1. The van der Waals surface area contributed by atoms with Gasteiger partial charge < -0.3 is 0 Å². The summed E-state index contributed by atoms with van der Waals surface area (Å²) in [7, 11) is 0. The molecule has 0 aromatic rings. The Bertz CT molecular complexity index is 68.6. The molecular formula is C12H30HgSn2. The van der Waals surface area contributed by atoms with Crippen molar-refractivity contribution in [2.45, 2.75) is 68.2 Å². The van der Waals surface area contributed by atoms with Crippen molar-refractivity contribution < 1.29 is 27.7 Å². The molecule has 0 rings (SSSR count). The van der Waals surface area contributed by atoms with E-state index in [1.54, 1.807) is 26.6 Å². The van der Waals surface area contributed by atoms with Crippen LogP contribution in [0.2, 0.25) is 26.6 Å². The average molecular weight is 612 g/mol. The first kappa shape index (κ1) is 22.7. The topological polar surface area (TPSA) is 0 Å². The van der Waals surface area contributed by atoms with E-state index in [-0.39, 0.29) is 27.7 Å². The molecule has 3 heteroatoms. The molecule has 0 aliphatic carbocycles. The largest absolute Gasteiger partial charge is 0 e. The second kappa shape index (κ2) is 18.9. The van der Waals surface area contributed by atoms with Crippen LogP contribution in [0.5, 0.6) is 0 Å². The summed E-state index contributed by atoms with van der Waals surface area (Å²) in [5.74, 6) is 0. The zero-order valence-corrected chi connectivity index (χ0v) is 23.2. The third-order valence-corrected chi connectivity index (χ3v) is 20.1. The Balaban J connectivity index is -0.000000180. The molecule has 2 radical (unpaired) electrons. The van der Waals surface area contributed by atoms with E-state index in [2.05, 4.69) is 41.5 Å². The van der Waals surface area contributed by atoms with Crippen molar-refractivity contribution in [2.75, 3.05) is 0 Å². The first-order valence-electron chi connectivity index (χ1n) is 6.36. The van der Waals surface area contributed by atoms with E-state index in [1.165, 1.54) is 0 Å². The predicted octanol–water partition coefficient (Wildman–Crippen LogP) is 5.08. The maximum absolute atomic E-state index is 2.35. The minimum atomic E-state index is -0.653. The molecule has 0 heterocycles. The standard InChI is InChI=1S/6C2H5.Hg.2Sn/c6*1-2;;;/h6*1H2,2H3;;;. The van der Waals surface area contributed by atoms with E-state index >= 15 is 0 Å². The number of hydrogen-bond acceptors (Lipinski definition) is 0. The van der Waals surface area contributed by atoms with Gasteiger partial charge in [0.05, 0.1) is 0 Å². The summed E-state index contributed by atoms with van der Waals surface area (Å²) in [4.78, 5) is 0. The summed E-state index contributed by atoms with van der Waals surface area (Å²) in [5, 5.41) is 0. The van der Waals surface area contributed by atoms with Gasteiger partial charge in [-0.15, -0.1) is 0 Å². The Morgan fingerprint density at radius 3 is 0.600 bits per heavy atom. The first-order valence-corrected chi connectivity index (χ1v) is 18.5. The molecule has 0 aromatic heterocycles. The smallest absolute Gasteiger partial charge is 0 e. The van der Waals surface area contributed by atoms with Gasteiger partial charge in [-0.2, -0.15) is 0 Å². The Hall–Kier alpha value is 2.53. The monoisotopic (exact) mass is 616 g/mol. The number of rotatable bonds is 6. The van der Waals surface area contributed by atoms with Crippen molar-refractivity contribution in [3.05, 3.63) is 0 Å². The van der Waals surface area contributed by atoms with Crippen LogP contribution in [0, 0.1) is 0 Å². The maximum Gasteiger partial charge on any atom is 0 e. The van der Waals surface area contributed by atoms with Gasteiger partial charge >= 0.3 is 108 Å². The second-order valence-corrected chi connectivity index (χ2v) is 24.3. The number of hydrogen-bond donors (Lipinski definition) is 0. The molecule has 0 nitrogen and oxygen atoms in total.